The Morgan fingerprint density at radius 3 is 2.43 bits per heavy atom. The van der Waals surface area contributed by atoms with Crippen molar-refractivity contribution in [3.05, 3.63) is 40.2 Å². The summed E-state index contributed by atoms with van der Waals surface area (Å²) < 4.78 is 32.1. The fourth-order valence-corrected chi connectivity index (χ4v) is 7.68. The number of aromatic amines is 1. The number of carboxylic acids is 2. The molecule has 0 bridgehead atoms. The molecule has 1 aromatic carbocycles. The number of ether oxygens (including phenoxy) is 2. The van der Waals surface area contributed by atoms with E-state index in [1.54, 1.807) is 12.1 Å². The summed E-state index contributed by atoms with van der Waals surface area (Å²) in [5.41, 5.74) is 7.27. The lowest BCUT2D eigenvalue weighted by Gasteiger charge is -2.37. The van der Waals surface area contributed by atoms with E-state index >= 15 is 0 Å². The van der Waals surface area contributed by atoms with Crippen LogP contribution in [0.5, 0.6) is 0 Å². The largest absolute Gasteiger partial charge is 0.481 e. The highest BCUT2D eigenvalue weighted by Crippen LogP contribution is 2.46. The molecule has 0 radical (unpaired) electrons. The first-order chi connectivity index (χ1) is 25.4. The third kappa shape index (κ3) is 9.29. The lowest BCUT2D eigenvalue weighted by molar-refractivity contribution is -0.192. The number of nitrogens with zero attached hydrogens (tertiary/aromatic N) is 3. The first kappa shape index (κ1) is 41.2. The smallest absolute Gasteiger partial charge is 0.473 e. The van der Waals surface area contributed by atoms with E-state index in [1.165, 1.54) is 0 Å². The molecule has 2 aromatic rings. The zero-order valence-corrected chi connectivity index (χ0v) is 30.0. The van der Waals surface area contributed by atoms with Crippen LogP contribution in [0.3, 0.4) is 0 Å². The van der Waals surface area contributed by atoms with Crippen LogP contribution in [0.2, 0.25) is 0 Å². The van der Waals surface area contributed by atoms with Crippen molar-refractivity contribution in [3.63, 3.8) is 0 Å². The third-order valence-corrected chi connectivity index (χ3v) is 10.5. The molecule has 12 N–H and O–H groups in total. The number of rotatable bonds is 17. The normalized spacial score (nSPS) is 28.3. The van der Waals surface area contributed by atoms with Crippen molar-refractivity contribution in [1.82, 2.24) is 9.97 Å². The monoisotopic (exact) mass is 788 g/mol. The number of benzene rings is 1. The van der Waals surface area contributed by atoms with Crippen molar-refractivity contribution in [2.45, 2.75) is 100 Å². The summed E-state index contributed by atoms with van der Waals surface area (Å²) in [5.74, 6) is -2.65. The second-order valence-corrected chi connectivity index (χ2v) is 14.8. The van der Waals surface area contributed by atoms with E-state index < -0.39 is 94.8 Å². The maximum Gasteiger partial charge on any atom is 0.473 e. The van der Waals surface area contributed by atoms with Gasteiger partial charge in [0.25, 0.3) is 5.56 Å². The number of aliphatic carboxylic acids is 2. The molecule has 22 nitrogen and oxygen atoms in total. The number of nitrogens with two attached hydrogens (primary N) is 1. The minimum Gasteiger partial charge on any atom is -0.481 e. The quantitative estimate of drug-likeness (QED) is 0.0754. The van der Waals surface area contributed by atoms with Gasteiger partial charge in [-0.3, -0.25) is 23.6 Å². The molecule has 300 valence electrons. The van der Waals surface area contributed by atoms with Crippen LogP contribution in [0, 0.1) is 0 Å². The van der Waals surface area contributed by atoms with Crippen LogP contribution in [0.25, 0.3) is 0 Å². The van der Waals surface area contributed by atoms with Crippen LogP contribution in [0.4, 0.5) is 23.1 Å². The fraction of sp³-hybridized carbons (Fsp3) is 0.613. The van der Waals surface area contributed by atoms with Crippen LogP contribution in [0.15, 0.2) is 29.1 Å². The minimum atomic E-state index is -5.11. The number of aromatic nitrogens is 2. The molecule has 2 fully saturated rings. The zero-order chi connectivity index (χ0) is 39.6. The van der Waals surface area contributed by atoms with Gasteiger partial charge in [0, 0.05) is 24.6 Å². The van der Waals surface area contributed by atoms with Crippen molar-refractivity contribution < 1.29 is 73.3 Å². The first-order valence-electron chi connectivity index (χ1n) is 16.9. The van der Waals surface area contributed by atoms with Gasteiger partial charge >= 0.3 is 19.8 Å². The van der Waals surface area contributed by atoms with Crippen LogP contribution < -0.4 is 26.4 Å². The predicted octanol–water partition coefficient (Wildman–Crippen LogP) is -2.25. The van der Waals surface area contributed by atoms with Crippen molar-refractivity contribution >= 4 is 42.9 Å². The summed E-state index contributed by atoms with van der Waals surface area (Å²) in [6.45, 7) is 2.86. The Balaban J connectivity index is 1.10. The Kier molecular flexibility index (Phi) is 12.9. The van der Waals surface area contributed by atoms with Gasteiger partial charge in [0.05, 0.1) is 38.1 Å². The van der Waals surface area contributed by atoms with Gasteiger partial charge in [-0.05, 0) is 38.0 Å². The van der Waals surface area contributed by atoms with E-state index in [2.05, 4.69) is 29.2 Å². The highest BCUT2D eigenvalue weighted by Gasteiger charge is 2.47. The summed E-state index contributed by atoms with van der Waals surface area (Å²) in [6, 6.07) is 7.06. The van der Waals surface area contributed by atoms with Gasteiger partial charge in [-0.1, -0.05) is 12.1 Å². The SMILES string of the molecule is CC1Nc2nc(N)[nH]c(=O)c2N2CN(c3ccc(CC(O)C(O)C(O)COC4OC(COP(=O)(O)OC(CCC(=O)O)C(=O)O)C(O)C4O)cc3)C(C)C12. The summed E-state index contributed by atoms with van der Waals surface area (Å²) in [5, 5.41) is 73.6. The molecule has 4 heterocycles. The number of H-pyrrole nitrogens is 1. The van der Waals surface area contributed by atoms with Crippen molar-refractivity contribution in [2.24, 2.45) is 0 Å². The molecule has 5 rings (SSSR count). The molecule has 0 saturated carbocycles. The van der Waals surface area contributed by atoms with E-state index in [0.717, 1.165) is 5.69 Å². The number of fused-ring (bicyclic) bond motifs is 3. The standard InChI is InChI=1S/C31H45N6O16P/c1-13-22-14(2)36(12-37(22)23-27(33-13)34-31(32)35-28(23)45)16-5-3-15(4-6-16)9-17(38)24(42)18(39)10-50-30-26(44)25(43)20(52-30)11-51-54(48,49)53-19(29(46)47)7-8-21(40)41/h3-6,13-14,17-20,22,24-26,30,38-39,42-44H,7-12H2,1-2H3,(H,40,41)(H,46,47)(H,48,49)(H4,32,33,34,35,45). The Morgan fingerprint density at radius 1 is 1.09 bits per heavy atom. The molecule has 0 aliphatic carbocycles. The number of carboxylic acid groups (broad SMARTS) is 2. The molecule has 12 unspecified atom stereocenters. The van der Waals surface area contributed by atoms with Gasteiger partial charge in [0.1, 0.15) is 36.2 Å². The van der Waals surface area contributed by atoms with E-state index in [0.29, 0.717) is 23.7 Å². The van der Waals surface area contributed by atoms with Gasteiger partial charge in [0.15, 0.2) is 18.2 Å². The Bertz CT molecular complexity index is 1750. The molecular weight excluding hydrogens is 743 g/mol. The summed E-state index contributed by atoms with van der Waals surface area (Å²) in [6.07, 6.45) is -14.9. The van der Waals surface area contributed by atoms with Gasteiger partial charge in [0.2, 0.25) is 5.95 Å². The van der Waals surface area contributed by atoms with Gasteiger partial charge in [-0.25, -0.2) is 9.36 Å². The number of phosphoric ester groups is 1. The number of nitrogen functional groups attached to an aromatic ring is 1. The third-order valence-electron chi connectivity index (χ3n) is 9.54. The van der Waals surface area contributed by atoms with Crippen LogP contribution in [-0.4, -0.2) is 150 Å². The maximum atomic E-state index is 12.8. The van der Waals surface area contributed by atoms with Crippen LogP contribution in [-0.2, 0) is 39.1 Å². The molecule has 1 aromatic heterocycles. The summed E-state index contributed by atoms with van der Waals surface area (Å²) >= 11 is 0. The van der Waals surface area contributed by atoms with Crippen molar-refractivity contribution in [3.8, 4) is 0 Å². The molecule has 23 heteroatoms. The predicted molar refractivity (Wildman–Crippen MR) is 185 cm³/mol. The van der Waals surface area contributed by atoms with E-state index in [-0.39, 0.29) is 36.1 Å². The van der Waals surface area contributed by atoms with Gasteiger partial charge < -0.3 is 71.0 Å². The molecular formula is C31H45N6O16P. The topological polar surface area (TPSA) is 340 Å². The first-order valence-corrected chi connectivity index (χ1v) is 18.4. The molecule has 3 aliphatic rings. The van der Waals surface area contributed by atoms with E-state index in [4.69, 9.17) is 25.4 Å². The van der Waals surface area contributed by atoms with Crippen molar-refractivity contribution in [2.75, 3.05) is 40.7 Å². The molecule has 12 atom stereocenters. The molecule has 3 aliphatic heterocycles. The number of nitrogens with one attached hydrogen (secondary N) is 2. The lowest BCUT2D eigenvalue weighted by Crippen LogP contribution is -2.52. The van der Waals surface area contributed by atoms with E-state index in [1.807, 2.05) is 30.9 Å². The molecule has 0 spiro atoms. The van der Waals surface area contributed by atoms with Gasteiger partial charge in [-0.15, -0.1) is 0 Å². The van der Waals surface area contributed by atoms with Crippen molar-refractivity contribution in [1.29, 1.82) is 0 Å². The molecule has 0 amide bonds. The zero-order valence-electron chi connectivity index (χ0n) is 29.1. The number of aliphatic hydroxyl groups is 5. The Morgan fingerprint density at radius 2 is 1.78 bits per heavy atom. The average molecular weight is 789 g/mol. The number of hydrogen-bond donors (Lipinski definition) is 11. The van der Waals surface area contributed by atoms with E-state index in [9.17, 15) is 49.4 Å². The minimum absolute atomic E-state index is 0.0155. The molecule has 2 saturated heterocycles. The summed E-state index contributed by atoms with van der Waals surface area (Å²) in [4.78, 5) is 55.6. The van der Waals surface area contributed by atoms with Gasteiger partial charge in [-0.2, -0.15) is 4.98 Å². The number of aliphatic hydroxyl groups excluding tert-OH is 5. The Hall–Kier alpha value is -3.93. The Labute approximate surface area is 307 Å². The summed E-state index contributed by atoms with van der Waals surface area (Å²) in [7, 11) is -5.11. The average Bonchev–Trinajstić information content (AvgIpc) is 3.58. The number of hydrogen-bond acceptors (Lipinski definition) is 18. The fourth-order valence-electron chi connectivity index (χ4n) is 6.77. The number of phosphoric acid groups is 1. The highest BCUT2D eigenvalue weighted by molar-refractivity contribution is 7.47. The second-order valence-electron chi connectivity index (χ2n) is 13.4. The number of carbonyl (C=O) groups is 2. The lowest BCUT2D eigenvalue weighted by atomic mass is 9.98. The maximum absolute atomic E-state index is 12.8. The highest BCUT2D eigenvalue weighted by atomic mass is 31.2. The second kappa shape index (κ2) is 16.8. The van der Waals surface area contributed by atoms with Crippen LogP contribution in [0.1, 0.15) is 32.3 Å². The van der Waals surface area contributed by atoms with Crippen LogP contribution >= 0.6 is 7.82 Å². The number of anilines is 4. The molecule has 54 heavy (non-hydrogen) atoms.